The van der Waals surface area contributed by atoms with Crippen LogP contribution in [0.2, 0.25) is 0 Å². The van der Waals surface area contributed by atoms with Crippen LogP contribution in [0.5, 0.6) is 0 Å². The van der Waals surface area contributed by atoms with Crippen molar-refractivity contribution in [2.75, 3.05) is 0 Å². The Hall–Kier alpha value is 1.47. The first-order valence-corrected chi connectivity index (χ1v) is 2.29. The van der Waals surface area contributed by atoms with Gasteiger partial charge in [-0.2, -0.15) is 0 Å². The molecule has 0 aromatic rings. The van der Waals surface area contributed by atoms with Gasteiger partial charge in [-0.3, -0.25) is 0 Å². The van der Waals surface area contributed by atoms with Crippen molar-refractivity contribution >= 4 is 81.4 Å². The van der Waals surface area contributed by atoms with Crippen molar-refractivity contribution in [1.29, 1.82) is 0 Å². The molecule has 0 spiro atoms. The molecule has 0 heterocycles. The fourth-order valence-electron chi connectivity index (χ4n) is 0.249. The van der Waals surface area contributed by atoms with E-state index in [0.717, 1.165) is 6.08 Å². The van der Waals surface area contributed by atoms with Crippen LogP contribution in [-0.4, -0.2) is 86.6 Å². The summed E-state index contributed by atoms with van der Waals surface area (Å²) >= 11 is 0. The Kier molecular flexibility index (Phi) is 22.9. The van der Waals surface area contributed by atoms with Gasteiger partial charge in [0.05, 0.1) is 0 Å². The molecule has 0 aliphatic rings. The summed E-state index contributed by atoms with van der Waals surface area (Å²) in [6.45, 7) is 1.83. The fourth-order valence-corrected chi connectivity index (χ4v) is 0.249. The number of hydrogen-bond donors (Lipinski definition) is 1. The van der Waals surface area contributed by atoms with E-state index < -0.39 is 5.97 Å². The average Bonchev–Trinajstić information content (AvgIpc) is 1.66. The molecule has 0 atom stereocenters. The molecule has 0 aromatic heterocycles. The van der Waals surface area contributed by atoms with Gasteiger partial charge in [-0.05, 0) is 6.92 Å². The van der Waals surface area contributed by atoms with Crippen molar-refractivity contribution in [2.45, 2.75) is 6.92 Å². The van der Waals surface area contributed by atoms with Gasteiger partial charge < -0.3 is 5.11 Å². The Balaban J connectivity index is -0.000000245. The maximum absolute atomic E-state index is 9.75. The van der Waals surface area contributed by atoms with E-state index in [1.807, 2.05) is 6.92 Å². The third kappa shape index (κ3) is 16.2. The normalized spacial score (nSPS) is 8.90. The van der Waals surface area contributed by atoms with Crippen LogP contribution in [-0.2, 0) is 4.79 Å². The third-order valence-corrected chi connectivity index (χ3v) is 0.542. The van der Waals surface area contributed by atoms with E-state index in [2.05, 4.69) is 0 Å². The molecule has 0 fully saturated rings. The summed E-state index contributed by atoms with van der Waals surface area (Å²) in [6.07, 6.45) is 5.98. The minimum atomic E-state index is -0.914. The van der Waals surface area contributed by atoms with Crippen LogP contribution in [0.25, 0.3) is 0 Å². The molecular formula is C6H12Ca2O2. The van der Waals surface area contributed by atoms with Crippen molar-refractivity contribution < 1.29 is 9.90 Å². The molecular weight excluding hydrogens is 184 g/mol. The quantitative estimate of drug-likeness (QED) is 0.363. The average molecular weight is 196 g/mol. The van der Waals surface area contributed by atoms with Gasteiger partial charge in [0.1, 0.15) is 0 Å². The predicted octanol–water partition coefficient (Wildman–Crippen LogP) is -0.629. The number of carboxylic acid groups (broad SMARTS) is 1. The van der Waals surface area contributed by atoms with E-state index in [9.17, 15) is 4.79 Å². The van der Waals surface area contributed by atoms with E-state index in [1.165, 1.54) is 6.08 Å². The van der Waals surface area contributed by atoms with Crippen LogP contribution in [0.1, 0.15) is 6.92 Å². The van der Waals surface area contributed by atoms with Crippen LogP contribution >= 0.6 is 0 Å². The van der Waals surface area contributed by atoms with E-state index >= 15 is 0 Å². The topological polar surface area (TPSA) is 37.3 Å². The van der Waals surface area contributed by atoms with Gasteiger partial charge in [0.25, 0.3) is 0 Å². The predicted molar refractivity (Wildman–Crippen MR) is 48.7 cm³/mol. The molecule has 1 N–H and O–H groups in total. The SMILES string of the molecule is C/C=C/C=C/C(=O)O.[CaH2].[CaH2]. The van der Waals surface area contributed by atoms with Gasteiger partial charge in [0, 0.05) is 6.08 Å². The second-order valence-corrected chi connectivity index (χ2v) is 1.22. The molecule has 0 saturated heterocycles. The van der Waals surface area contributed by atoms with E-state index in [-0.39, 0.29) is 75.5 Å². The van der Waals surface area contributed by atoms with Crippen LogP contribution in [0.4, 0.5) is 0 Å². The van der Waals surface area contributed by atoms with E-state index in [1.54, 1.807) is 12.2 Å². The molecule has 0 unspecified atom stereocenters. The number of rotatable bonds is 2. The first kappa shape index (κ1) is 17.5. The Morgan fingerprint density at radius 2 is 1.80 bits per heavy atom. The Labute approximate surface area is 120 Å². The third-order valence-electron chi connectivity index (χ3n) is 0.542. The molecule has 0 radical (unpaired) electrons. The number of aliphatic carboxylic acids is 1. The molecule has 0 aliphatic carbocycles. The molecule has 52 valence electrons. The number of allylic oxidation sites excluding steroid dienone is 3. The molecule has 10 heavy (non-hydrogen) atoms. The summed E-state index contributed by atoms with van der Waals surface area (Å²) in [5, 5.41) is 8.02. The van der Waals surface area contributed by atoms with Crippen molar-refractivity contribution in [2.24, 2.45) is 0 Å². The van der Waals surface area contributed by atoms with Gasteiger partial charge in [-0.25, -0.2) is 4.79 Å². The van der Waals surface area contributed by atoms with Crippen LogP contribution in [0, 0.1) is 0 Å². The van der Waals surface area contributed by atoms with Crippen molar-refractivity contribution in [3.05, 3.63) is 24.3 Å². The summed E-state index contributed by atoms with van der Waals surface area (Å²) in [5.41, 5.74) is 0. The van der Waals surface area contributed by atoms with Crippen molar-refractivity contribution in [1.82, 2.24) is 0 Å². The second kappa shape index (κ2) is 13.1. The van der Waals surface area contributed by atoms with Crippen LogP contribution in [0.3, 0.4) is 0 Å². The standard InChI is InChI=1S/C6H8O2.2Ca.4H/c1-2-3-4-5-6(7)8;;;;;;/h2-5H,1H3,(H,7,8);;;;;;/b3-2+,5-4+;;;;;;. The van der Waals surface area contributed by atoms with E-state index in [4.69, 9.17) is 5.11 Å². The first-order chi connectivity index (χ1) is 3.77. The zero-order valence-corrected chi connectivity index (χ0v) is 4.66. The van der Waals surface area contributed by atoms with Crippen LogP contribution < -0.4 is 0 Å². The zero-order valence-electron chi connectivity index (χ0n) is 4.66. The van der Waals surface area contributed by atoms with Gasteiger partial charge in [-0.15, -0.1) is 0 Å². The molecule has 0 saturated carbocycles. The summed E-state index contributed by atoms with van der Waals surface area (Å²) in [6, 6.07) is 0. The first-order valence-electron chi connectivity index (χ1n) is 2.29. The van der Waals surface area contributed by atoms with Crippen LogP contribution in [0.15, 0.2) is 24.3 Å². The molecule has 0 amide bonds. The Morgan fingerprint density at radius 3 is 2.10 bits per heavy atom. The van der Waals surface area contributed by atoms with Gasteiger partial charge in [-0.1, -0.05) is 18.2 Å². The maximum atomic E-state index is 9.75. The van der Waals surface area contributed by atoms with Gasteiger partial charge >= 0.3 is 81.4 Å². The fraction of sp³-hybridized carbons (Fsp3) is 0.167. The molecule has 2 nitrogen and oxygen atoms in total. The number of carbonyl (C=O) groups is 1. The van der Waals surface area contributed by atoms with Crippen molar-refractivity contribution in [3.8, 4) is 0 Å². The number of hydrogen-bond acceptors (Lipinski definition) is 1. The molecule has 4 heteroatoms. The summed E-state index contributed by atoms with van der Waals surface area (Å²) in [4.78, 5) is 9.75. The molecule has 0 aliphatic heterocycles. The summed E-state index contributed by atoms with van der Waals surface area (Å²) in [7, 11) is 0. The van der Waals surface area contributed by atoms with E-state index in [0.29, 0.717) is 0 Å². The monoisotopic (exact) mass is 196 g/mol. The summed E-state index contributed by atoms with van der Waals surface area (Å²) in [5.74, 6) is -0.914. The summed E-state index contributed by atoms with van der Waals surface area (Å²) < 4.78 is 0. The van der Waals surface area contributed by atoms with Gasteiger partial charge in [0.15, 0.2) is 0 Å². The second-order valence-electron chi connectivity index (χ2n) is 1.22. The van der Waals surface area contributed by atoms with Gasteiger partial charge in [0.2, 0.25) is 0 Å². The molecule has 0 aromatic carbocycles. The Morgan fingerprint density at radius 1 is 1.30 bits per heavy atom. The Bertz CT molecular complexity index is 130. The van der Waals surface area contributed by atoms with Crippen molar-refractivity contribution in [3.63, 3.8) is 0 Å². The molecule has 0 bridgehead atoms. The molecule has 0 rings (SSSR count). The zero-order chi connectivity index (χ0) is 6.41. The number of carboxylic acids is 1. The minimum absolute atomic E-state index is 0.